The minimum atomic E-state index is -0.610. The third-order valence-corrected chi connectivity index (χ3v) is 2.24. The van der Waals surface area contributed by atoms with Crippen molar-refractivity contribution in [3.05, 3.63) is 0 Å². The lowest BCUT2D eigenvalue weighted by atomic mass is 10.4. The summed E-state index contributed by atoms with van der Waals surface area (Å²) < 4.78 is 10.6. The Kier molecular flexibility index (Phi) is 2.81. The lowest BCUT2D eigenvalue weighted by Gasteiger charge is -2.19. The van der Waals surface area contributed by atoms with Gasteiger partial charge in [0, 0.05) is 0 Å². The fraction of sp³-hybridized carbons (Fsp3) is 1.00. The first kappa shape index (κ1) is 8.60. The average molecular weight is 185 g/mol. The Hall–Kier alpha value is 0.500. The van der Waals surface area contributed by atoms with Crippen molar-refractivity contribution >= 4 is 23.2 Å². The van der Waals surface area contributed by atoms with E-state index in [2.05, 4.69) is 0 Å². The van der Waals surface area contributed by atoms with Crippen LogP contribution in [0.15, 0.2) is 0 Å². The summed E-state index contributed by atoms with van der Waals surface area (Å²) in [6.07, 6.45) is 0.00502. The molecule has 2 atom stereocenters. The summed E-state index contributed by atoms with van der Waals surface area (Å²) in [5.41, 5.74) is 0. The largest absolute Gasteiger partial charge is 0.346 e. The zero-order chi connectivity index (χ0) is 7.61. The Labute approximate surface area is 70.4 Å². The van der Waals surface area contributed by atoms with E-state index in [1.807, 2.05) is 6.92 Å². The minimum absolute atomic E-state index is 0.00502. The highest BCUT2D eigenvalue weighted by molar-refractivity contribution is 6.18. The van der Waals surface area contributed by atoms with Crippen LogP contribution in [0.2, 0.25) is 0 Å². The van der Waals surface area contributed by atoms with Gasteiger partial charge in [-0.1, -0.05) is 0 Å². The molecule has 0 bridgehead atoms. The topological polar surface area (TPSA) is 18.5 Å². The maximum atomic E-state index is 5.58. The summed E-state index contributed by atoms with van der Waals surface area (Å²) in [4.78, 5) is 0. The van der Waals surface area contributed by atoms with E-state index >= 15 is 0 Å². The number of hydrogen-bond donors (Lipinski definition) is 0. The summed E-state index contributed by atoms with van der Waals surface area (Å²) in [7, 11) is 0. The fourth-order valence-electron chi connectivity index (χ4n) is 0.836. The third kappa shape index (κ3) is 1.76. The van der Waals surface area contributed by atoms with Crippen LogP contribution >= 0.6 is 23.2 Å². The third-order valence-electron chi connectivity index (χ3n) is 1.41. The van der Waals surface area contributed by atoms with E-state index in [4.69, 9.17) is 32.7 Å². The van der Waals surface area contributed by atoms with Crippen molar-refractivity contribution in [2.24, 2.45) is 0 Å². The molecule has 1 heterocycles. The quantitative estimate of drug-likeness (QED) is 0.608. The van der Waals surface area contributed by atoms with Crippen molar-refractivity contribution in [1.29, 1.82) is 0 Å². The predicted octanol–water partition coefficient (Wildman–Crippen LogP) is 1.60. The monoisotopic (exact) mass is 184 g/mol. The van der Waals surface area contributed by atoms with E-state index in [9.17, 15) is 0 Å². The van der Waals surface area contributed by atoms with Gasteiger partial charge in [-0.05, 0) is 6.92 Å². The summed E-state index contributed by atoms with van der Waals surface area (Å²) in [5, 5.41) is 0. The zero-order valence-electron chi connectivity index (χ0n) is 5.77. The molecule has 10 heavy (non-hydrogen) atoms. The maximum absolute atomic E-state index is 5.58. The Morgan fingerprint density at radius 2 is 2.30 bits per heavy atom. The van der Waals surface area contributed by atoms with E-state index in [0.29, 0.717) is 18.4 Å². The van der Waals surface area contributed by atoms with Gasteiger partial charge in [0.2, 0.25) is 0 Å². The smallest absolute Gasteiger partial charge is 0.179 e. The second-order valence-electron chi connectivity index (χ2n) is 2.47. The lowest BCUT2D eigenvalue weighted by molar-refractivity contribution is -0.132. The number of halogens is 2. The standard InChI is InChI=1S/C6H10Cl2O2/c1-6(4-8)9-3-5(2-7)10-6/h5H,2-4H2,1H3. The van der Waals surface area contributed by atoms with E-state index in [-0.39, 0.29) is 6.10 Å². The SMILES string of the molecule is CC1(CCl)OCC(CCl)O1. The fourth-order valence-corrected chi connectivity index (χ4v) is 1.13. The van der Waals surface area contributed by atoms with Gasteiger partial charge >= 0.3 is 0 Å². The van der Waals surface area contributed by atoms with Crippen LogP contribution in [0, 0.1) is 0 Å². The molecule has 0 spiro atoms. The summed E-state index contributed by atoms with van der Waals surface area (Å²) in [5.74, 6) is 0.202. The predicted molar refractivity (Wildman–Crippen MR) is 40.7 cm³/mol. The van der Waals surface area contributed by atoms with Crippen molar-refractivity contribution in [2.75, 3.05) is 18.4 Å². The van der Waals surface area contributed by atoms with Crippen molar-refractivity contribution in [2.45, 2.75) is 18.8 Å². The highest BCUT2D eigenvalue weighted by atomic mass is 35.5. The molecular formula is C6H10Cl2O2. The molecule has 1 aliphatic heterocycles. The second-order valence-corrected chi connectivity index (χ2v) is 3.05. The molecular weight excluding hydrogens is 175 g/mol. The Morgan fingerprint density at radius 1 is 1.60 bits per heavy atom. The molecule has 0 aromatic carbocycles. The van der Waals surface area contributed by atoms with Gasteiger partial charge in [-0.25, -0.2) is 0 Å². The molecule has 0 aromatic heterocycles. The molecule has 0 N–H and O–H groups in total. The van der Waals surface area contributed by atoms with E-state index < -0.39 is 5.79 Å². The van der Waals surface area contributed by atoms with E-state index in [1.54, 1.807) is 0 Å². The molecule has 1 aliphatic rings. The molecule has 0 aromatic rings. The van der Waals surface area contributed by atoms with Gasteiger partial charge in [0.15, 0.2) is 5.79 Å². The van der Waals surface area contributed by atoms with Crippen LogP contribution in [-0.4, -0.2) is 30.3 Å². The Balaban J connectivity index is 2.41. The number of rotatable bonds is 2. The lowest BCUT2D eigenvalue weighted by Crippen LogP contribution is -2.28. The van der Waals surface area contributed by atoms with Crippen LogP contribution < -0.4 is 0 Å². The van der Waals surface area contributed by atoms with Crippen LogP contribution in [0.5, 0.6) is 0 Å². The highest BCUT2D eigenvalue weighted by Gasteiger charge is 2.35. The first-order valence-corrected chi connectivity index (χ1v) is 4.21. The zero-order valence-corrected chi connectivity index (χ0v) is 7.28. The van der Waals surface area contributed by atoms with Crippen LogP contribution in [0.1, 0.15) is 6.92 Å². The molecule has 4 heteroatoms. The number of ether oxygens (including phenoxy) is 2. The highest BCUT2D eigenvalue weighted by Crippen LogP contribution is 2.24. The normalized spacial score (nSPS) is 40.5. The van der Waals surface area contributed by atoms with E-state index in [0.717, 1.165) is 0 Å². The van der Waals surface area contributed by atoms with Gasteiger partial charge in [0.05, 0.1) is 24.5 Å². The first-order chi connectivity index (χ1) is 4.70. The van der Waals surface area contributed by atoms with Crippen molar-refractivity contribution < 1.29 is 9.47 Å². The van der Waals surface area contributed by atoms with Gasteiger partial charge in [-0.3, -0.25) is 0 Å². The van der Waals surface area contributed by atoms with Crippen LogP contribution in [0.25, 0.3) is 0 Å². The molecule has 2 nitrogen and oxygen atoms in total. The van der Waals surface area contributed by atoms with Crippen molar-refractivity contribution in [3.63, 3.8) is 0 Å². The molecule has 0 radical (unpaired) electrons. The van der Waals surface area contributed by atoms with Gasteiger partial charge in [-0.15, -0.1) is 23.2 Å². The first-order valence-electron chi connectivity index (χ1n) is 3.14. The van der Waals surface area contributed by atoms with Gasteiger partial charge < -0.3 is 9.47 Å². The molecule has 60 valence electrons. The molecule has 1 fully saturated rings. The summed E-state index contributed by atoms with van der Waals surface area (Å²) in [6, 6.07) is 0. The molecule has 1 rings (SSSR count). The van der Waals surface area contributed by atoms with Crippen molar-refractivity contribution in [3.8, 4) is 0 Å². The average Bonchev–Trinajstić information content (AvgIpc) is 2.33. The van der Waals surface area contributed by atoms with E-state index in [1.165, 1.54) is 0 Å². The van der Waals surface area contributed by atoms with Gasteiger partial charge in [0.1, 0.15) is 0 Å². The van der Waals surface area contributed by atoms with Crippen molar-refractivity contribution in [1.82, 2.24) is 0 Å². The van der Waals surface area contributed by atoms with Crippen LogP contribution in [0.4, 0.5) is 0 Å². The molecule has 2 unspecified atom stereocenters. The van der Waals surface area contributed by atoms with Gasteiger partial charge in [0.25, 0.3) is 0 Å². The van der Waals surface area contributed by atoms with Crippen LogP contribution in [-0.2, 0) is 9.47 Å². The molecule has 0 aliphatic carbocycles. The molecule has 1 saturated heterocycles. The minimum Gasteiger partial charge on any atom is -0.346 e. The number of hydrogen-bond acceptors (Lipinski definition) is 2. The summed E-state index contributed by atoms with van der Waals surface area (Å²) in [6.45, 7) is 2.36. The second kappa shape index (κ2) is 3.26. The summed E-state index contributed by atoms with van der Waals surface area (Å²) >= 11 is 11.1. The molecule has 0 amide bonds. The Bertz CT molecular complexity index is 120. The number of alkyl halides is 2. The maximum Gasteiger partial charge on any atom is 0.179 e. The Morgan fingerprint density at radius 3 is 2.60 bits per heavy atom. The van der Waals surface area contributed by atoms with Crippen LogP contribution in [0.3, 0.4) is 0 Å². The molecule has 0 saturated carbocycles. The van der Waals surface area contributed by atoms with Gasteiger partial charge in [-0.2, -0.15) is 0 Å².